The fourth-order valence-corrected chi connectivity index (χ4v) is 3.05. The molecule has 136 valence electrons. The van der Waals surface area contributed by atoms with Crippen molar-refractivity contribution in [2.24, 2.45) is 4.99 Å². The lowest BCUT2D eigenvalue weighted by Gasteiger charge is -2.19. The molecule has 0 amide bonds. The van der Waals surface area contributed by atoms with Gasteiger partial charge in [-0.3, -0.25) is 4.99 Å². The first kappa shape index (κ1) is 21.2. The zero-order valence-corrected chi connectivity index (χ0v) is 17.4. The predicted molar refractivity (Wildman–Crippen MR) is 110 cm³/mol. The Labute approximate surface area is 162 Å². The van der Waals surface area contributed by atoms with E-state index in [0.29, 0.717) is 19.5 Å². The Bertz CT molecular complexity index is 631. The minimum absolute atomic E-state index is 0. The van der Waals surface area contributed by atoms with E-state index >= 15 is 0 Å². The number of sulfonamides is 1. The van der Waals surface area contributed by atoms with Crippen molar-refractivity contribution in [3.05, 3.63) is 35.9 Å². The van der Waals surface area contributed by atoms with Crippen molar-refractivity contribution in [2.75, 3.05) is 32.9 Å². The van der Waals surface area contributed by atoms with Crippen molar-refractivity contribution in [3.63, 3.8) is 0 Å². The van der Waals surface area contributed by atoms with E-state index in [4.69, 9.17) is 0 Å². The Morgan fingerprint density at radius 3 is 2.38 bits per heavy atom. The van der Waals surface area contributed by atoms with E-state index in [9.17, 15) is 8.42 Å². The first-order chi connectivity index (χ1) is 11.0. The van der Waals surface area contributed by atoms with Crippen LogP contribution in [0, 0.1) is 0 Å². The number of nitrogens with one attached hydrogen (secondary N) is 3. The highest BCUT2D eigenvalue weighted by Gasteiger charge is 2.43. The van der Waals surface area contributed by atoms with E-state index < -0.39 is 10.0 Å². The van der Waals surface area contributed by atoms with Crippen LogP contribution >= 0.6 is 24.0 Å². The van der Waals surface area contributed by atoms with E-state index in [-0.39, 0.29) is 29.4 Å². The molecule has 0 atom stereocenters. The summed E-state index contributed by atoms with van der Waals surface area (Å²) in [4.78, 5) is 4.21. The monoisotopic (exact) mass is 466 g/mol. The van der Waals surface area contributed by atoms with Gasteiger partial charge in [0, 0.05) is 32.1 Å². The summed E-state index contributed by atoms with van der Waals surface area (Å²) < 4.78 is 24.4. The van der Waals surface area contributed by atoms with Crippen LogP contribution in [0.15, 0.2) is 35.3 Å². The van der Waals surface area contributed by atoms with Gasteiger partial charge in [0.15, 0.2) is 5.96 Å². The molecule has 8 heteroatoms. The van der Waals surface area contributed by atoms with Crippen LogP contribution in [0.4, 0.5) is 0 Å². The Morgan fingerprint density at radius 2 is 1.83 bits per heavy atom. The molecule has 0 aromatic heterocycles. The molecule has 1 aromatic rings. The molecular formula is C16H27IN4O2S. The van der Waals surface area contributed by atoms with Gasteiger partial charge in [-0.2, -0.15) is 0 Å². The zero-order chi connectivity index (χ0) is 16.8. The number of benzene rings is 1. The quantitative estimate of drug-likeness (QED) is 0.235. The van der Waals surface area contributed by atoms with E-state index in [2.05, 4.69) is 44.6 Å². The minimum Gasteiger partial charge on any atom is -0.356 e. The van der Waals surface area contributed by atoms with Gasteiger partial charge in [-0.05, 0) is 24.8 Å². The second-order valence-corrected chi connectivity index (χ2v) is 7.85. The first-order valence-corrected chi connectivity index (χ1v) is 9.79. The zero-order valence-electron chi connectivity index (χ0n) is 14.2. The third-order valence-electron chi connectivity index (χ3n) is 4.07. The molecule has 1 fully saturated rings. The molecule has 3 N–H and O–H groups in total. The summed E-state index contributed by atoms with van der Waals surface area (Å²) in [7, 11) is -1.36. The fraction of sp³-hybridized carbons (Fsp3) is 0.562. The Morgan fingerprint density at radius 1 is 1.17 bits per heavy atom. The fourth-order valence-electron chi connectivity index (χ4n) is 2.54. The molecule has 0 unspecified atom stereocenters. The highest BCUT2D eigenvalue weighted by Crippen LogP contribution is 2.47. The minimum atomic E-state index is -3.11. The van der Waals surface area contributed by atoms with E-state index in [1.807, 2.05) is 6.07 Å². The van der Waals surface area contributed by atoms with Gasteiger partial charge < -0.3 is 10.6 Å². The third-order valence-corrected chi connectivity index (χ3v) is 4.80. The molecule has 1 saturated carbocycles. The summed E-state index contributed by atoms with van der Waals surface area (Å²) in [6, 6.07) is 10.6. The van der Waals surface area contributed by atoms with Gasteiger partial charge in [0.2, 0.25) is 10.0 Å². The number of hydrogen-bond donors (Lipinski definition) is 3. The predicted octanol–water partition coefficient (Wildman–Crippen LogP) is 1.44. The molecule has 6 nitrogen and oxygen atoms in total. The number of guanidine groups is 1. The molecule has 2 rings (SSSR count). The van der Waals surface area contributed by atoms with Crippen LogP contribution in [0.2, 0.25) is 0 Å². The Hall–Kier alpha value is -0.870. The Balaban J connectivity index is 0.00000288. The number of aliphatic imine (C=N–C) groups is 1. The standard InChI is InChI=1S/C16H26N4O2S.HI/c1-17-15(18-11-6-12-20-23(2,21)22)19-13-16(9-10-16)14-7-4-3-5-8-14;/h3-5,7-8,20H,6,9-13H2,1-2H3,(H2,17,18,19);1H. The van der Waals surface area contributed by atoms with Gasteiger partial charge in [-0.1, -0.05) is 30.3 Å². The van der Waals surface area contributed by atoms with Gasteiger partial charge in [0.25, 0.3) is 0 Å². The molecule has 0 heterocycles. The van der Waals surface area contributed by atoms with Gasteiger partial charge in [0.05, 0.1) is 6.26 Å². The molecule has 1 aliphatic carbocycles. The molecule has 0 aliphatic heterocycles. The molecule has 0 saturated heterocycles. The maximum Gasteiger partial charge on any atom is 0.208 e. The van der Waals surface area contributed by atoms with Crippen molar-refractivity contribution in [1.29, 1.82) is 0 Å². The number of hydrogen-bond acceptors (Lipinski definition) is 3. The van der Waals surface area contributed by atoms with Gasteiger partial charge in [-0.15, -0.1) is 24.0 Å². The van der Waals surface area contributed by atoms with E-state index in [0.717, 1.165) is 12.5 Å². The highest BCUT2D eigenvalue weighted by molar-refractivity contribution is 14.0. The van der Waals surface area contributed by atoms with Gasteiger partial charge in [-0.25, -0.2) is 13.1 Å². The molecule has 0 spiro atoms. The second-order valence-electron chi connectivity index (χ2n) is 6.02. The number of halogens is 1. The van der Waals surface area contributed by atoms with Crippen molar-refractivity contribution < 1.29 is 8.42 Å². The highest BCUT2D eigenvalue weighted by atomic mass is 127. The topological polar surface area (TPSA) is 82.6 Å². The van der Waals surface area contributed by atoms with Crippen molar-refractivity contribution >= 4 is 40.0 Å². The molecular weight excluding hydrogens is 439 g/mol. The molecule has 0 bridgehead atoms. The van der Waals surface area contributed by atoms with Gasteiger partial charge in [0.1, 0.15) is 0 Å². The van der Waals surface area contributed by atoms with E-state index in [1.165, 1.54) is 24.7 Å². The first-order valence-electron chi connectivity index (χ1n) is 7.90. The van der Waals surface area contributed by atoms with E-state index in [1.54, 1.807) is 7.05 Å². The summed E-state index contributed by atoms with van der Waals surface area (Å²) in [6.07, 6.45) is 4.26. The lowest BCUT2D eigenvalue weighted by Crippen LogP contribution is -2.42. The van der Waals surface area contributed by atoms with Crippen LogP contribution in [0.1, 0.15) is 24.8 Å². The lowest BCUT2D eigenvalue weighted by molar-refractivity contribution is 0.584. The van der Waals surface area contributed by atoms with Crippen LogP contribution in [0.5, 0.6) is 0 Å². The van der Waals surface area contributed by atoms with Crippen LogP contribution in [-0.4, -0.2) is 47.3 Å². The van der Waals surface area contributed by atoms with Crippen LogP contribution in [-0.2, 0) is 15.4 Å². The van der Waals surface area contributed by atoms with Crippen molar-refractivity contribution in [2.45, 2.75) is 24.7 Å². The van der Waals surface area contributed by atoms with Crippen LogP contribution in [0.25, 0.3) is 0 Å². The summed E-state index contributed by atoms with van der Waals surface area (Å²) in [5.41, 5.74) is 1.61. The normalized spacial score (nSPS) is 16.2. The summed E-state index contributed by atoms with van der Waals surface area (Å²) in [5, 5.41) is 6.59. The van der Waals surface area contributed by atoms with Gasteiger partial charge >= 0.3 is 0 Å². The Kier molecular flexibility index (Phi) is 8.44. The smallest absolute Gasteiger partial charge is 0.208 e. The average molecular weight is 466 g/mol. The lowest BCUT2D eigenvalue weighted by atomic mass is 9.96. The number of nitrogens with zero attached hydrogens (tertiary/aromatic N) is 1. The van der Waals surface area contributed by atoms with Crippen LogP contribution < -0.4 is 15.4 Å². The SMILES string of the molecule is CN=C(NCCCNS(C)(=O)=O)NCC1(c2ccccc2)CC1.I. The summed E-state index contributed by atoms with van der Waals surface area (Å²) in [5.74, 6) is 0.756. The van der Waals surface area contributed by atoms with Crippen molar-refractivity contribution in [1.82, 2.24) is 15.4 Å². The number of rotatable bonds is 8. The maximum atomic E-state index is 11.0. The third kappa shape index (κ3) is 6.94. The maximum absolute atomic E-state index is 11.0. The largest absolute Gasteiger partial charge is 0.356 e. The second kappa shape index (κ2) is 9.57. The molecule has 24 heavy (non-hydrogen) atoms. The molecule has 1 aliphatic rings. The summed E-state index contributed by atoms with van der Waals surface area (Å²) in [6.45, 7) is 1.95. The molecule has 1 aromatic carbocycles. The van der Waals surface area contributed by atoms with Crippen LogP contribution in [0.3, 0.4) is 0 Å². The summed E-state index contributed by atoms with van der Waals surface area (Å²) >= 11 is 0. The average Bonchev–Trinajstić information content (AvgIpc) is 3.31. The molecule has 0 radical (unpaired) electrons. The van der Waals surface area contributed by atoms with Crippen molar-refractivity contribution in [3.8, 4) is 0 Å².